The first-order chi connectivity index (χ1) is 7.27. The molecule has 0 radical (unpaired) electrons. The normalized spacial score (nSPS) is 9.47. The van der Waals surface area contributed by atoms with Gasteiger partial charge in [0.05, 0.1) is 0 Å². The van der Waals surface area contributed by atoms with Crippen LogP contribution >= 0.6 is 0 Å². The molecule has 2 heteroatoms. The number of benzene rings is 1. The van der Waals surface area contributed by atoms with Crippen LogP contribution < -0.4 is 11.1 Å². The molecular formula is C13H18N2. The van der Waals surface area contributed by atoms with E-state index >= 15 is 0 Å². The van der Waals surface area contributed by atoms with Crippen LogP contribution in [0.5, 0.6) is 0 Å². The lowest BCUT2D eigenvalue weighted by Gasteiger charge is -2.01. The topological polar surface area (TPSA) is 38.0 Å². The third kappa shape index (κ3) is 3.65. The maximum absolute atomic E-state index is 5.84. The summed E-state index contributed by atoms with van der Waals surface area (Å²) in [5.74, 6) is 6.21. The van der Waals surface area contributed by atoms with Gasteiger partial charge in [0.25, 0.3) is 0 Å². The highest BCUT2D eigenvalue weighted by Crippen LogP contribution is 2.13. The Morgan fingerprint density at radius 1 is 1.40 bits per heavy atom. The van der Waals surface area contributed by atoms with E-state index in [9.17, 15) is 0 Å². The SMILES string of the molecule is CCc1ccc(N)c(C#CCCNC)c1. The van der Waals surface area contributed by atoms with Gasteiger partial charge in [-0.3, -0.25) is 0 Å². The summed E-state index contributed by atoms with van der Waals surface area (Å²) in [6.07, 6.45) is 1.87. The van der Waals surface area contributed by atoms with E-state index in [2.05, 4.69) is 30.1 Å². The summed E-state index contributed by atoms with van der Waals surface area (Å²) < 4.78 is 0. The molecule has 0 unspecified atom stereocenters. The largest absolute Gasteiger partial charge is 0.398 e. The molecule has 0 amide bonds. The highest BCUT2D eigenvalue weighted by Gasteiger charge is 1.96. The van der Waals surface area contributed by atoms with E-state index in [1.165, 1.54) is 5.56 Å². The van der Waals surface area contributed by atoms with E-state index in [-0.39, 0.29) is 0 Å². The summed E-state index contributed by atoms with van der Waals surface area (Å²) in [5, 5.41) is 3.06. The zero-order valence-electron chi connectivity index (χ0n) is 9.43. The molecule has 0 aliphatic heterocycles. The third-order valence-corrected chi connectivity index (χ3v) is 2.25. The molecule has 0 fully saturated rings. The van der Waals surface area contributed by atoms with E-state index in [4.69, 9.17) is 5.73 Å². The molecule has 0 atom stereocenters. The zero-order valence-corrected chi connectivity index (χ0v) is 9.43. The van der Waals surface area contributed by atoms with Gasteiger partial charge in [0.2, 0.25) is 0 Å². The van der Waals surface area contributed by atoms with Crippen LogP contribution in [0.2, 0.25) is 0 Å². The van der Waals surface area contributed by atoms with Crippen molar-refractivity contribution in [3.05, 3.63) is 29.3 Å². The van der Waals surface area contributed by atoms with Gasteiger partial charge < -0.3 is 11.1 Å². The van der Waals surface area contributed by atoms with Gasteiger partial charge in [0.1, 0.15) is 0 Å². The molecule has 1 aromatic carbocycles. The molecule has 3 N–H and O–H groups in total. The summed E-state index contributed by atoms with van der Waals surface area (Å²) in [6.45, 7) is 3.05. The van der Waals surface area contributed by atoms with Crippen molar-refractivity contribution in [1.82, 2.24) is 5.32 Å². The number of hydrogen-bond donors (Lipinski definition) is 2. The highest BCUT2D eigenvalue weighted by molar-refractivity contribution is 5.57. The van der Waals surface area contributed by atoms with Gasteiger partial charge in [-0.05, 0) is 31.2 Å². The van der Waals surface area contributed by atoms with Gasteiger partial charge in [-0.2, -0.15) is 0 Å². The molecule has 15 heavy (non-hydrogen) atoms. The van der Waals surface area contributed by atoms with Crippen LogP contribution in [0.4, 0.5) is 5.69 Å². The second kappa shape index (κ2) is 6.10. The minimum Gasteiger partial charge on any atom is -0.398 e. The van der Waals surface area contributed by atoms with E-state index in [1.54, 1.807) is 0 Å². The number of aryl methyl sites for hydroxylation is 1. The average Bonchev–Trinajstić information content (AvgIpc) is 2.26. The third-order valence-electron chi connectivity index (χ3n) is 2.25. The average molecular weight is 202 g/mol. The molecule has 0 saturated heterocycles. The lowest BCUT2D eigenvalue weighted by molar-refractivity contribution is 0.818. The molecule has 0 aromatic heterocycles. The Morgan fingerprint density at radius 2 is 2.20 bits per heavy atom. The second-order valence-corrected chi connectivity index (χ2v) is 3.43. The molecule has 0 bridgehead atoms. The quantitative estimate of drug-likeness (QED) is 0.445. The standard InChI is InChI=1S/C13H18N2/c1-3-11-7-8-13(14)12(10-11)6-4-5-9-15-2/h7-8,10,15H,3,5,9,14H2,1-2H3. The fourth-order valence-electron chi connectivity index (χ4n) is 1.28. The summed E-state index contributed by atoms with van der Waals surface area (Å²) in [7, 11) is 1.92. The summed E-state index contributed by atoms with van der Waals surface area (Å²) in [4.78, 5) is 0. The molecule has 0 saturated carbocycles. The van der Waals surface area contributed by atoms with Crippen LogP contribution in [0.25, 0.3) is 0 Å². The van der Waals surface area contributed by atoms with Crippen molar-refractivity contribution in [1.29, 1.82) is 0 Å². The number of nitrogens with two attached hydrogens (primary N) is 1. The predicted octanol–water partition coefficient (Wildman–Crippen LogP) is 1.79. The Morgan fingerprint density at radius 3 is 2.87 bits per heavy atom. The van der Waals surface area contributed by atoms with E-state index in [0.717, 1.165) is 30.6 Å². The van der Waals surface area contributed by atoms with Gasteiger partial charge >= 0.3 is 0 Å². The van der Waals surface area contributed by atoms with Crippen molar-refractivity contribution in [2.75, 3.05) is 19.3 Å². The fourth-order valence-corrected chi connectivity index (χ4v) is 1.28. The second-order valence-electron chi connectivity index (χ2n) is 3.43. The lowest BCUT2D eigenvalue weighted by Crippen LogP contribution is -2.05. The minimum absolute atomic E-state index is 0.768. The van der Waals surface area contributed by atoms with Crippen LogP contribution in [0.3, 0.4) is 0 Å². The van der Waals surface area contributed by atoms with Crippen molar-refractivity contribution >= 4 is 5.69 Å². The van der Waals surface area contributed by atoms with Crippen LogP contribution in [-0.4, -0.2) is 13.6 Å². The van der Waals surface area contributed by atoms with Gasteiger partial charge in [-0.1, -0.05) is 24.8 Å². The van der Waals surface area contributed by atoms with Crippen LogP contribution in [0, 0.1) is 11.8 Å². The highest BCUT2D eigenvalue weighted by atomic mass is 14.8. The van der Waals surface area contributed by atoms with E-state index in [1.807, 2.05) is 19.2 Å². The van der Waals surface area contributed by atoms with Crippen molar-refractivity contribution in [2.24, 2.45) is 0 Å². The fraction of sp³-hybridized carbons (Fsp3) is 0.385. The molecule has 1 aromatic rings. The summed E-state index contributed by atoms with van der Waals surface area (Å²) >= 11 is 0. The minimum atomic E-state index is 0.768. The van der Waals surface area contributed by atoms with Crippen LogP contribution in [0.1, 0.15) is 24.5 Å². The molecule has 2 nitrogen and oxygen atoms in total. The van der Waals surface area contributed by atoms with E-state index < -0.39 is 0 Å². The Balaban J connectivity index is 2.77. The first-order valence-corrected chi connectivity index (χ1v) is 5.29. The monoisotopic (exact) mass is 202 g/mol. The predicted molar refractivity (Wildman–Crippen MR) is 65.7 cm³/mol. The molecule has 0 heterocycles. The Labute approximate surface area is 91.9 Å². The van der Waals surface area contributed by atoms with Crippen molar-refractivity contribution in [3.63, 3.8) is 0 Å². The smallest absolute Gasteiger partial charge is 0.0477 e. The van der Waals surface area contributed by atoms with E-state index in [0.29, 0.717) is 0 Å². The number of nitrogens with one attached hydrogen (secondary N) is 1. The van der Waals surface area contributed by atoms with Crippen LogP contribution in [0.15, 0.2) is 18.2 Å². The number of anilines is 1. The molecule has 0 aliphatic carbocycles. The maximum Gasteiger partial charge on any atom is 0.0477 e. The van der Waals surface area contributed by atoms with Gasteiger partial charge in [0.15, 0.2) is 0 Å². The van der Waals surface area contributed by atoms with Gasteiger partial charge in [-0.25, -0.2) is 0 Å². The Kier molecular flexibility index (Phi) is 4.73. The first kappa shape index (κ1) is 11.6. The molecule has 0 spiro atoms. The van der Waals surface area contributed by atoms with Crippen molar-refractivity contribution < 1.29 is 0 Å². The van der Waals surface area contributed by atoms with Crippen molar-refractivity contribution in [2.45, 2.75) is 19.8 Å². The van der Waals surface area contributed by atoms with Crippen molar-refractivity contribution in [3.8, 4) is 11.8 Å². The molecule has 80 valence electrons. The Bertz CT molecular complexity index is 372. The summed E-state index contributed by atoms with van der Waals surface area (Å²) in [6, 6.07) is 6.05. The maximum atomic E-state index is 5.84. The number of hydrogen-bond acceptors (Lipinski definition) is 2. The zero-order chi connectivity index (χ0) is 11.1. The molecule has 0 aliphatic rings. The van der Waals surface area contributed by atoms with Gasteiger partial charge in [0, 0.05) is 24.2 Å². The number of rotatable bonds is 3. The van der Waals surface area contributed by atoms with Crippen LogP contribution in [-0.2, 0) is 6.42 Å². The first-order valence-electron chi connectivity index (χ1n) is 5.29. The summed E-state index contributed by atoms with van der Waals surface area (Å²) in [5.41, 5.74) is 8.84. The molecule has 1 rings (SSSR count). The number of nitrogen functional groups attached to an aromatic ring is 1. The lowest BCUT2D eigenvalue weighted by atomic mass is 10.1. The Hall–Kier alpha value is -1.46. The van der Waals surface area contributed by atoms with Gasteiger partial charge in [-0.15, -0.1) is 0 Å². The molecular weight excluding hydrogens is 184 g/mol.